The minimum atomic E-state index is -0.607. The Balaban J connectivity index is 2.24. The molecule has 1 aromatic carbocycles. The molecular weight excluding hydrogens is 200 g/mol. The highest BCUT2D eigenvalue weighted by atomic mass is 16.2. The molecule has 0 aromatic heterocycles. The van der Waals surface area contributed by atoms with E-state index in [0.29, 0.717) is 0 Å². The maximum atomic E-state index is 11.8. The predicted octanol–water partition coefficient (Wildman–Crippen LogP) is 2.04. The van der Waals surface area contributed by atoms with Crippen molar-refractivity contribution in [3.05, 3.63) is 28.8 Å². The van der Waals surface area contributed by atoms with Crippen LogP contribution in [-0.4, -0.2) is 11.4 Å². The molecule has 2 rings (SSSR count). The zero-order chi connectivity index (χ0) is 11.9. The van der Waals surface area contributed by atoms with Crippen LogP contribution in [0.15, 0.2) is 12.1 Å². The third kappa shape index (κ3) is 1.95. The molecule has 0 saturated heterocycles. The number of anilines is 1. The Morgan fingerprint density at radius 3 is 2.19 bits per heavy atom. The minimum Gasteiger partial charge on any atom is -0.324 e. The summed E-state index contributed by atoms with van der Waals surface area (Å²) >= 11 is 0. The predicted molar refractivity (Wildman–Crippen MR) is 65.4 cm³/mol. The lowest BCUT2D eigenvalue weighted by molar-refractivity contribution is -0.118. The Labute approximate surface area is 96.0 Å². The fourth-order valence-electron chi connectivity index (χ4n) is 1.98. The standard InChI is InChI=1S/C13H18N2O/c1-8-6-9(2)11(10(3)7-8)15-12(16)13(14)4-5-13/h6-7H,4-5,14H2,1-3H3,(H,15,16). The summed E-state index contributed by atoms with van der Waals surface area (Å²) in [6.45, 7) is 6.06. The highest BCUT2D eigenvalue weighted by Gasteiger charge is 2.46. The molecule has 0 unspecified atom stereocenters. The molecule has 3 heteroatoms. The fraction of sp³-hybridized carbons (Fsp3) is 0.462. The molecule has 0 bridgehead atoms. The number of hydrogen-bond donors (Lipinski definition) is 2. The van der Waals surface area contributed by atoms with Crippen LogP contribution in [0.25, 0.3) is 0 Å². The van der Waals surface area contributed by atoms with Gasteiger partial charge in [0.25, 0.3) is 0 Å². The van der Waals surface area contributed by atoms with Crippen LogP contribution in [-0.2, 0) is 4.79 Å². The molecule has 3 N–H and O–H groups in total. The number of carbonyl (C=O) groups is 1. The molecule has 0 spiro atoms. The molecule has 0 heterocycles. The monoisotopic (exact) mass is 218 g/mol. The molecule has 1 aliphatic carbocycles. The Morgan fingerprint density at radius 1 is 1.25 bits per heavy atom. The number of benzene rings is 1. The summed E-state index contributed by atoms with van der Waals surface area (Å²) in [5.41, 5.74) is 9.55. The number of carbonyl (C=O) groups excluding carboxylic acids is 1. The van der Waals surface area contributed by atoms with Crippen molar-refractivity contribution in [1.29, 1.82) is 0 Å². The van der Waals surface area contributed by atoms with Crippen molar-refractivity contribution in [1.82, 2.24) is 0 Å². The first-order chi connectivity index (χ1) is 7.42. The molecule has 0 radical (unpaired) electrons. The van der Waals surface area contributed by atoms with Crippen molar-refractivity contribution in [3.8, 4) is 0 Å². The lowest BCUT2D eigenvalue weighted by Crippen LogP contribution is -2.38. The quantitative estimate of drug-likeness (QED) is 0.798. The van der Waals surface area contributed by atoms with Gasteiger partial charge in [-0.1, -0.05) is 17.7 Å². The Hall–Kier alpha value is -1.35. The van der Waals surface area contributed by atoms with E-state index in [2.05, 4.69) is 24.4 Å². The van der Waals surface area contributed by atoms with Gasteiger partial charge in [-0.25, -0.2) is 0 Å². The van der Waals surface area contributed by atoms with Gasteiger partial charge in [0.1, 0.15) is 0 Å². The van der Waals surface area contributed by atoms with Gasteiger partial charge in [0.15, 0.2) is 0 Å². The van der Waals surface area contributed by atoms with Gasteiger partial charge in [0, 0.05) is 5.69 Å². The number of hydrogen-bond acceptors (Lipinski definition) is 2. The average Bonchev–Trinajstić information content (AvgIpc) is 2.91. The summed E-state index contributed by atoms with van der Waals surface area (Å²) in [5.74, 6) is -0.0532. The molecule has 3 nitrogen and oxygen atoms in total. The van der Waals surface area contributed by atoms with E-state index in [0.717, 1.165) is 29.7 Å². The van der Waals surface area contributed by atoms with Crippen LogP contribution < -0.4 is 11.1 Å². The molecule has 1 amide bonds. The molecule has 1 saturated carbocycles. The van der Waals surface area contributed by atoms with Crippen molar-refractivity contribution in [3.63, 3.8) is 0 Å². The van der Waals surface area contributed by atoms with E-state index in [1.165, 1.54) is 5.56 Å². The maximum absolute atomic E-state index is 11.8. The van der Waals surface area contributed by atoms with Crippen LogP contribution in [0.3, 0.4) is 0 Å². The van der Waals surface area contributed by atoms with Crippen LogP contribution in [0.4, 0.5) is 5.69 Å². The number of aryl methyl sites for hydroxylation is 3. The van der Waals surface area contributed by atoms with Gasteiger partial charge in [-0.3, -0.25) is 4.79 Å². The van der Waals surface area contributed by atoms with Gasteiger partial charge < -0.3 is 11.1 Å². The first-order valence-electron chi connectivity index (χ1n) is 5.60. The summed E-state index contributed by atoms with van der Waals surface area (Å²) in [4.78, 5) is 11.8. The second kappa shape index (κ2) is 3.59. The summed E-state index contributed by atoms with van der Waals surface area (Å²) in [5, 5.41) is 2.94. The SMILES string of the molecule is Cc1cc(C)c(NC(=O)C2(N)CC2)c(C)c1. The van der Waals surface area contributed by atoms with Crippen molar-refractivity contribution in [2.45, 2.75) is 39.2 Å². The minimum absolute atomic E-state index is 0.0532. The summed E-state index contributed by atoms with van der Waals surface area (Å²) < 4.78 is 0. The van der Waals surface area contributed by atoms with Crippen LogP contribution in [0.1, 0.15) is 29.5 Å². The number of rotatable bonds is 2. The normalized spacial score (nSPS) is 17.0. The third-order valence-electron chi connectivity index (χ3n) is 3.16. The molecule has 86 valence electrons. The molecule has 16 heavy (non-hydrogen) atoms. The second-order valence-corrected chi connectivity index (χ2v) is 4.88. The number of nitrogens with two attached hydrogens (primary N) is 1. The molecule has 1 aromatic rings. The lowest BCUT2D eigenvalue weighted by Gasteiger charge is -2.15. The van der Waals surface area contributed by atoms with Gasteiger partial charge in [-0.05, 0) is 44.7 Å². The fourth-order valence-corrected chi connectivity index (χ4v) is 1.98. The largest absolute Gasteiger partial charge is 0.324 e. The van der Waals surface area contributed by atoms with E-state index in [4.69, 9.17) is 5.73 Å². The summed E-state index contributed by atoms with van der Waals surface area (Å²) in [7, 11) is 0. The van der Waals surface area contributed by atoms with Gasteiger partial charge in [-0.2, -0.15) is 0 Å². The van der Waals surface area contributed by atoms with Gasteiger partial charge >= 0.3 is 0 Å². The molecule has 1 aliphatic rings. The van der Waals surface area contributed by atoms with E-state index < -0.39 is 5.54 Å². The second-order valence-electron chi connectivity index (χ2n) is 4.88. The van der Waals surface area contributed by atoms with Crippen LogP contribution in [0.2, 0.25) is 0 Å². The highest BCUT2D eigenvalue weighted by Crippen LogP contribution is 2.34. The Kier molecular flexibility index (Phi) is 2.50. The number of nitrogens with one attached hydrogen (secondary N) is 1. The summed E-state index contributed by atoms with van der Waals surface area (Å²) in [6, 6.07) is 4.14. The first kappa shape index (κ1) is 11.1. The van der Waals surface area contributed by atoms with Gasteiger partial charge in [0.2, 0.25) is 5.91 Å². The smallest absolute Gasteiger partial charge is 0.244 e. The van der Waals surface area contributed by atoms with E-state index in [-0.39, 0.29) is 5.91 Å². The van der Waals surface area contributed by atoms with E-state index in [1.54, 1.807) is 0 Å². The molecular formula is C13H18N2O. The topological polar surface area (TPSA) is 55.1 Å². The van der Waals surface area contributed by atoms with Gasteiger partial charge in [-0.15, -0.1) is 0 Å². The number of amides is 1. The van der Waals surface area contributed by atoms with E-state index in [9.17, 15) is 4.79 Å². The molecule has 0 aliphatic heterocycles. The van der Waals surface area contributed by atoms with Crippen LogP contribution in [0.5, 0.6) is 0 Å². The first-order valence-corrected chi connectivity index (χ1v) is 5.60. The van der Waals surface area contributed by atoms with Crippen molar-refractivity contribution >= 4 is 11.6 Å². The van der Waals surface area contributed by atoms with Gasteiger partial charge in [0.05, 0.1) is 5.54 Å². The van der Waals surface area contributed by atoms with E-state index in [1.807, 2.05) is 13.8 Å². The lowest BCUT2D eigenvalue weighted by atomic mass is 10.0. The Bertz CT molecular complexity index is 424. The zero-order valence-corrected chi connectivity index (χ0v) is 10.1. The van der Waals surface area contributed by atoms with E-state index >= 15 is 0 Å². The van der Waals surface area contributed by atoms with Crippen molar-refractivity contribution < 1.29 is 4.79 Å². The molecule has 1 fully saturated rings. The average molecular weight is 218 g/mol. The van der Waals surface area contributed by atoms with Crippen LogP contribution in [0, 0.1) is 20.8 Å². The highest BCUT2D eigenvalue weighted by molar-refractivity contribution is 6.01. The zero-order valence-electron chi connectivity index (χ0n) is 10.1. The summed E-state index contributed by atoms with van der Waals surface area (Å²) in [6.07, 6.45) is 1.59. The van der Waals surface area contributed by atoms with Crippen LogP contribution >= 0.6 is 0 Å². The maximum Gasteiger partial charge on any atom is 0.244 e. The van der Waals surface area contributed by atoms with Crippen molar-refractivity contribution in [2.75, 3.05) is 5.32 Å². The Morgan fingerprint density at radius 2 is 1.75 bits per heavy atom. The van der Waals surface area contributed by atoms with Crippen molar-refractivity contribution in [2.24, 2.45) is 5.73 Å². The molecule has 0 atom stereocenters. The third-order valence-corrected chi connectivity index (χ3v) is 3.16.